The summed E-state index contributed by atoms with van der Waals surface area (Å²) in [4.78, 5) is 26.1. The van der Waals surface area contributed by atoms with Gasteiger partial charge in [-0.25, -0.2) is 14.1 Å². The molecule has 3 aromatic carbocycles. The number of rotatable bonds is 5. The highest BCUT2D eigenvalue weighted by Gasteiger charge is 2.34. The van der Waals surface area contributed by atoms with Crippen LogP contribution in [-0.2, 0) is 11.4 Å². The summed E-state index contributed by atoms with van der Waals surface area (Å²) in [6.45, 7) is 0.233. The average molecular weight is 549 g/mol. The van der Waals surface area contributed by atoms with Crippen LogP contribution >= 0.6 is 34.2 Å². The molecule has 1 fully saturated rings. The number of anilines is 1. The molecule has 0 bridgehead atoms. The number of carbonyl (C=O) groups is 2. The molecule has 156 valence electrons. The van der Waals surface area contributed by atoms with E-state index in [9.17, 15) is 14.0 Å². The second kappa shape index (κ2) is 9.07. The largest absolute Gasteiger partial charge is 0.488 e. The molecule has 31 heavy (non-hydrogen) atoms. The molecule has 0 radical (unpaired) electrons. The lowest BCUT2D eigenvalue weighted by Gasteiger charge is -2.11. The Morgan fingerprint density at radius 1 is 1.06 bits per heavy atom. The van der Waals surface area contributed by atoms with Crippen molar-refractivity contribution in [3.05, 3.63) is 98.0 Å². The Morgan fingerprint density at radius 3 is 2.61 bits per heavy atom. The van der Waals surface area contributed by atoms with Crippen molar-refractivity contribution in [2.24, 2.45) is 0 Å². The zero-order valence-electron chi connectivity index (χ0n) is 15.9. The molecule has 0 unspecified atom stereocenters. The maximum absolute atomic E-state index is 13.3. The molecule has 0 aromatic heterocycles. The molecule has 0 saturated carbocycles. The van der Waals surface area contributed by atoms with E-state index >= 15 is 0 Å². The monoisotopic (exact) mass is 548 g/mol. The molecule has 0 atom stereocenters. The first-order valence-electron chi connectivity index (χ1n) is 9.20. The van der Waals surface area contributed by atoms with Gasteiger partial charge in [0.1, 0.15) is 23.9 Å². The predicted octanol–water partition coefficient (Wildman–Crippen LogP) is 5.76. The minimum Gasteiger partial charge on any atom is -0.488 e. The van der Waals surface area contributed by atoms with E-state index < -0.39 is 11.9 Å². The van der Waals surface area contributed by atoms with E-state index in [2.05, 4.69) is 27.9 Å². The molecule has 4 rings (SSSR count). The van der Waals surface area contributed by atoms with Crippen molar-refractivity contribution in [2.45, 2.75) is 6.61 Å². The van der Waals surface area contributed by atoms with E-state index in [0.29, 0.717) is 16.5 Å². The number of urea groups is 1. The second-order valence-corrected chi connectivity index (χ2v) is 8.32. The van der Waals surface area contributed by atoms with Crippen molar-refractivity contribution in [3.63, 3.8) is 0 Å². The van der Waals surface area contributed by atoms with Crippen LogP contribution in [0.5, 0.6) is 5.75 Å². The molecule has 3 amide bonds. The lowest BCUT2D eigenvalue weighted by molar-refractivity contribution is -0.113. The van der Waals surface area contributed by atoms with Crippen LogP contribution in [0, 0.1) is 9.39 Å². The first-order valence-corrected chi connectivity index (χ1v) is 10.7. The van der Waals surface area contributed by atoms with Gasteiger partial charge < -0.3 is 10.1 Å². The van der Waals surface area contributed by atoms with Crippen molar-refractivity contribution in [1.82, 2.24) is 5.32 Å². The summed E-state index contributed by atoms with van der Waals surface area (Å²) >= 11 is 8.10. The Bertz CT molecular complexity index is 1210. The van der Waals surface area contributed by atoms with Gasteiger partial charge in [-0.05, 0) is 82.3 Å². The topological polar surface area (TPSA) is 58.6 Å². The zero-order chi connectivity index (χ0) is 22.0. The Hall–Kier alpha value is -2.91. The Kier molecular flexibility index (Phi) is 6.24. The van der Waals surface area contributed by atoms with Gasteiger partial charge >= 0.3 is 6.03 Å². The molecule has 1 aliphatic heterocycles. The fraction of sp³-hybridized carbons (Fsp3) is 0.0435. The van der Waals surface area contributed by atoms with Crippen molar-refractivity contribution in [2.75, 3.05) is 4.90 Å². The van der Waals surface area contributed by atoms with E-state index in [1.165, 1.54) is 12.1 Å². The molecule has 5 nitrogen and oxygen atoms in total. The average Bonchev–Trinajstić information content (AvgIpc) is 3.00. The summed E-state index contributed by atoms with van der Waals surface area (Å²) in [5.74, 6) is -0.143. The van der Waals surface area contributed by atoms with E-state index in [1.54, 1.807) is 54.6 Å². The van der Waals surface area contributed by atoms with Crippen molar-refractivity contribution >= 4 is 57.9 Å². The standard InChI is InChI=1S/C23H15ClFIN2O3/c24-16-4-2-6-18(12-16)28-22(29)20(27-23(28)30)11-14-7-8-21(19(26)10-14)31-13-15-3-1-5-17(25)9-15/h1-12H,13H2,(H,27,30)/b20-11+. The van der Waals surface area contributed by atoms with Crippen LogP contribution in [0.3, 0.4) is 0 Å². The summed E-state index contributed by atoms with van der Waals surface area (Å²) < 4.78 is 19.9. The van der Waals surface area contributed by atoms with Gasteiger partial charge in [0.25, 0.3) is 5.91 Å². The molecular formula is C23H15ClFIN2O3. The van der Waals surface area contributed by atoms with Gasteiger partial charge in [0.15, 0.2) is 0 Å². The number of halogens is 3. The second-order valence-electron chi connectivity index (χ2n) is 6.72. The minimum atomic E-state index is -0.539. The highest BCUT2D eigenvalue weighted by atomic mass is 127. The van der Waals surface area contributed by atoms with Crippen LogP contribution in [0.25, 0.3) is 6.08 Å². The summed E-state index contributed by atoms with van der Waals surface area (Å²) in [5.41, 5.74) is 2.00. The third-order valence-corrected chi connectivity index (χ3v) is 5.57. The molecule has 1 N–H and O–H groups in total. The predicted molar refractivity (Wildman–Crippen MR) is 125 cm³/mol. The highest BCUT2D eigenvalue weighted by molar-refractivity contribution is 14.1. The number of carbonyl (C=O) groups excluding carboxylic acids is 2. The number of hydrogen-bond acceptors (Lipinski definition) is 3. The smallest absolute Gasteiger partial charge is 0.333 e. The minimum absolute atomic E-state index is 0.161. The van der Waals surface area contributed by atoms with Gasteiger partial charge in [0.05, 0.1) is 9.26 Å². The van der Waals surface area contributed by atoms with Gasteiger partial charge in [0.2, 0.25) is 0 Å². The molecule has 3 aromatic rings. The van der Waals surface area contributed by atoms with Crippen LogP contribution in [0.4, 0.5) is 14.9 Å². The van der Waals surface area contributed by atoms with Crippen molar-refractivity contribution in [1.29, 1.82) is 0 Å². The maximum atomic E-state index is 13.3. The highest BCUT2D eigenvalue weighted by Crippen LogP contribution is 2.27. The van der Waals surface area contributed by atoms with Crippen LogP contribution in [0.15, 0.2) is 72.4 Å². The van der Waals surface area contributed by atoms with E-state index in [0.717, 1.165) is 19.6 Å². The van der Waals surface area contributed by atoms with Crippen molar-refractivity contribution < 1.29 is 18.7 Å². The molecule has 8 heteroatoms. The van der Waals surface area contributed by atoms with Crippen LogP contribution < -0.4 is 15.0 Å². The van der Waals surface area contributed by atoms with Gasteiger partial charge in [-0.1, -0.05) is 35.9 Å². The molecule has 1 saturated heterocycles. The molecular weight excluding hydrogens is 534 g/mol. The molecule has 0 aliphatic carbocycles. The molecule has 1 heterocycles. The number of nitrogens with one attached hydrogen (secondary N) is 1. The third-order valence-electron chi connectivity index (χ3n) is 4.49. The number of nitrogens with zero attached hydrogens (tertiary/aromatic N) is 1. The van der Waals surface area contributed by atoms with Gasteiger partial charge in [0, 0.05) is 5.02 Å². The van der Waals surface area contributed by atoms with Gasteiger partial charge in [-0.15, -0.1) is 0 Å². The van der Waals surface area contributed by atoms with E-state index in [-0.39, 0.29) is 18.1 Å². The summed E-state index contributed by atoms with van der Waals surface area (Å²) in [6.07, 6.45) is 1.60. The van der Waals surface area contributed by atoms with Gasteiger partial charge in [-0.2, -0.15) is 0 Å². The zero-order valence-corrected chi connectivity index (χ0v) is 18.9. The number of ether oxygens (including phenoxy) is 1. The third kappa shape index (κ3) is 4.88. The first kappa shape index (κ1) is 21.3. The SMILES string of the molecule is O=C1N/C(=C/c2ccc(OCc3cccc(F)c3)c(I)c2)C(=O)N1c1cccc(Cl)c1. The Labute approximate surface area is 196 Å². The Balaban J connectivity index is 1.50. The maximum Gasteiger partial charge on any atom is 0.333 e. The number of benzene rings is 3. The molecule has 1 aliphatic rings. The fourth-order valence-electron chi connectivity index (χ4n) is 3.06. The summed E-state index contributed by atoms with van der Waals surface area (Å²) in [5, 5.41) is 3.02. The van der Waals surface area contributed by atoms with Gasteiger partial charge in [-0.3, -0.25) is 4.79 Å². The lowest BCUT2D eigenvalue weighted by Crippen LogP contribution is -2.30. The van der Waals surface area contributed by atoms with E-state index in [4.69, 9.17) is 16.3 Å². The number of imide groups is 1. The summed E-state index contributed by atoms with van der Waals surface area (Å²) in [6, 6.07) is 17.6. The lowest BCUT2D eigenvalue weighted by atomic mass is 10.1. The Morgan fingerprint density at radius 2 is 1.87 bits per heavy atom. The van der Waals surface area contributed by atoms with Crippen LogP contribution in [-0.4, -0.2) is 11.9 Å². The summed E-state index contributed by atoms with van der Waals surface area (Å²) in [7, 11) is 0. The number of hydrogen-bond donors (Lipinski definition) is 1. The van der Waals surface area contributed by atoms with Crippen LogP contribution in [0.1, 0.15) is 11.1 Å². The first-order chi connectivity index (χ1) is 14.9. The van der Waals surface area contributed by atoms with Crippen LogP contribution in [0.2, 0.25) is 5.02 Å². The number of amides is 3. The van der Waals surface area contributed by atoms with E-state index in [1.807, 2.05) is 6.07 Å². The van der Waals surface area contributed by atoms with Crippen molar-refractivity contribution in [3.8, 4) is 5.75 Å². The quantitative estimate of drug-likeness (QED) is 0.251. The fourth-order valence-corrected chi connectivity index (χ4v) is 3.94. The molecule has 0 spiro atoms. The normalized spacial score (nSPS) is 14.8.